The van der Waals surface area contributed by atoms with Gasteiger partial charge in [0.15, 0.2) is 0 Å². The predicted octanol–water partition coefficient (Wildman–Crippen LogP) is 4.43. The first-order valence-corrected chi connectivity index (χ1v) is 9.36. The van der Waals surface area contributed by atoms with Crippen LogP contribution in [0.1, 0.15) is 50.2 Å². The fraction of sp³-hybridized carbons (Fsp3) is 0.438. The highest BCUT2D eigenvalue weighted by atomic mass is 32.1. The summed E-state index contributed by atoms with van der Waals surface area (Å²) < 4.78 is 11.1. The number of aromatic nitrogens is 3. The molecule has 4 heterocycles. The Hall–Kier alpha value is -1.57. The second-order valence-electron chi connectivity index (χ2n) is 6.10. The Kier molecular flexibility index (Phi) is 3.79. The number of hydrogen-bond donors (Lipinski definition) is 0. The topological polar surface area (TPSA) is 61.0 Å². The number of rotatable bonds is 4. The van der Waals surface area contributed by atoms with Gasteiger partial charge in [-0.3, -0.25) is 0 Å². The Bertz CT molecular complexity index is 786. The predicted molar refractivity (Wildman–Crippen MR) is 89.8 cm³/mol. The molecule has 0 amide bonds. The van der Waals surface area contributed by atoms with E-state index in [1.165, 1.54) is 4.88 Å². The minimum atomic E-state index is -0.421. The van der Waals surface area contributed by atoms with Gasteiger partial charge in [-0.25, -0.2) is 4.98 Å². The highest BCUT2D eigenvalue weighted by molar-refractivity contribution is 7.20. The first kappa shape index (κ1) is 15.0. The Morgan fingerprint density at radius 3 is 2.91 bits per heavy atom. The molecule has 1 atom stereocenters. The monoisotopic (exact) mass is 347 g/mol. The standard InChI is InChI=1S/C16H17N3O2S2/c1-16(2,12-9-23-14(17-12)11-6-4-8-22-11)15-18-13(19-21-15)10-5-3-7-20-10/h4,6,8-10H,3,5,7H2,1-2H3/t10-/m1/s1. The van der Waals surface area contributed by atoms with Crippen molar-refractivity contribution in [3.63, 3.8) is 0 Å². The van der Waals surface area contributed by atoms with Crippen LogP contribution in [0.15, 0.2) is 27.4 Å². The molecule has 4 rings (SSSR count). The van der Waals surface area contributed by atoms with Gasteiger partial charge in [0.05, 0.1) is 16.0 Å². The van der Waals surface area contributed by atoms with Crippen LogP contribution in [-0.2, 0) is 10.2 Å². The Labute approximate surface area is 142 Å². The summed E-state index contributed by atoms with van der Waals surface area (Å²) in [6, 6.07) is 4.13. The van der Waals surface area contributed by atoms with Crippen LogP contribution in [0.25, 0.3) is 9.88 Å². The van der Waals surface area contributed by atoms with E-state index in [2.05, 4.69) is 40.8 Å². The molecule has 1 aliphatic rings. The molecule has 1 fully saturated rings. The van der Waals surface area contributed by atoms with Crippen molar-refractivity contribution in [2.75, 3.05) is 6.61 Å². The minimum absolute atomic E-state index is 0.0274. The van der Waals surface area contributed by atoms with Crippen molar-refractivity contribution in [2.24, 2.45) is 0 Å². The first-order chi connectivity index (χ1) is 11.1. The smallest absolute Gasteiger partial charge is 0.238 e. The molecule has 23 heavy (non-hydrogen) atoms. The van der Waals surface area contributed by atoms with Gasteiger partial charge in [0.25, 0.3) is 0 Å². The van der Waals surface area contributed by atoms with E-state index in [0.717, 1.165) is 30.2 Å². The zero-order valence-corrected chi connectivity index (χ0v) is 14.6. The van der Waals surface area contributed by atoms with Gasteiger partial charge in [-0.05, 0) is 38.1 Å². The summed E-state index contributed by atoms with van der Waals surface area (Å²) in [4.78, 5) is 10.5. The number of ether oxygens (including phenoxy) is 1. The number of thiophene rings is 1. The fourth-order valence-electron chi connectivity index (χ4n) is 2.58. The summed E-state index contributed by atoms with van der Waals surface area (Å²) in [5, 5.41) is 9.28. The van der Waals surface area contributed by atoms with E-state index in [-0.39, 0.29) is 6.10 Å². The molecule has 3 aromatic rings. The van der Waals surface area contributed by atoms with E-state index in [0.29, 0.717) is 11.7 Å². The highest BCUT2D eigenvalue weighted by Crippen LogP contribution is 2.36. The van der Waals surface area contributed by atoms with Gasteiger partial charge < -0.3 is 9.26 Å². The second-order valence-corrected chi connectivity index (χ2v) is 7.91. The van der Waals surface area contributed by atoms with Gasteiger partial charge in [-0.15, -0.1) is 22.7 Å². The average molecular weight is 347 g/mol. The quantitative estimate of drug-likeness (QED) is 0.698. The van der Waals surface area contributed by atoms with E-state index < -0.39 is 5.41 Å². The first-order valence-electron chi connectivity index (χ1n) is 7.60. The molecule has 0 aliphatic carbocycles. The van der Waals surface area contributed by atoms with E-state index in [1.807, 2.05) is 6.07 Å². The van der Waals surface area contributed by atoms with Crippen LogP contribution >= 0.6 is 22.7 Å². The largest absolute Gasteiger partial charge is 0.370 e. The molecule has 3 aromatic heterocycles. The zero-order chi connectivity index (χ0) is 15.9. The van der Waals surface area contributed by atoms with Crippen molar-refractivity contribution in [1.82, 2.24) is 15.1 Å². The molecule has 120 valence electrons. The lowest BCUT2D eigenvalue weighted by Crippen LogP contribution is -2.20. The molecule has 1 saturated heterocycles. The molecule has 1 aliphatic heterocycles. The third-order valence-corrected chi connectivity index (χ3v) is 5.95. The summed E-state index contributed by atoms with van der Waals surface area (Å²) in [5.41, 5.74) is 0.531. The average Bonchev–Trinajstić information content (AvgIpc) is 3.36. The van der Waals surface area contributed by atoms with Crippen LogP contribution in [0, 0.1) is 0 Å². The zero-order valence-electron chi connectivity index (χ0n) is 13.0. The van der Waals surface area contributed by atoms with E-state index in [9.17, 15) is 0 Å². The van der Waals surface area contributed by atoms with Crippen molar-refractivity contribution < 1.29 is 9.26 Å². The second kappa shape index (κ2) is 5.81. The third-order valence-electron chi connectivity index (χ3n) is 4.07. The highest BCUT2D eigenvalue weighted by Gasteiger charge is 2.34. The Morgan fingerprint density at radius 2 is 2.17 bits per heavy atom. The van der Waals surface area contributed by atoms with Crippen molar-refractivity contribution in [3.8, 4) is 9.88 Å². The van der Waals surface area contributed by atoms with Crippen molar-refractivity contribution in [1.29, 1.82) is 0 Å². The molecule has 0 spiro atoms. The normalized spacial score (nSPS) is 18.6. The lowest BCUT2D eigenvalue weighted by atomic mass is 9.90. The maximum atomic E-state index is 5.63. The molecule has 0 radical (unpaired) electrons. The molecule has 0 unspecified atom stereocenters. The van der Waals surface area contributed by atoms with Crippen molar-refractivity contribution in [3.05, 3.63) is 40.3 Å². The maximum Gasteiger partial charge on any atom is 0.238 e. The molecular weight excluding hydrogens is 330 g/mol. The molecule has 5 nitrogen and oxygen atoms in total. The number of nitrogens with zero attached hydrogens (tertiary/aromatic N) is 3. The Morgan fingerprint density at radius 1 is 1.26 bits per heavy atom. The van der Waals surface area contributed by atoms with E-state index in [4.69, 9.17) is 14.2 Å². The number of hydrogen-bond acceptors (Lipinski definition) is 7. The SMILES string of the molecule is CC(C)(c1csc(-c2cccs2)n1)c1nc([C@H]2CCCO2)no1. The molecule has 7 heteroatoms. The minimum Gasteiger partial charge on any atom is -0.370 e. The molecule has 0 aromatic carbocycles. The summed E-state index contributed by atoms with van der Waals surface area (Å²) >= 11 is 3.34. The van der Waals surface area contributed by atoms with Crippen LogP contribution in [0.4, 0.5) is 0 Å². The van der Waals surface area contributed by atoms with Gasteiger partial charge in [0.1, 0.15) is 11.1 Å². The van der Waals surface area contributed by atoms with Crippen LogP contribution in [0.2, 0.25) is 0 Å². The molecular formula is C16H17N3O2S2. The van der Waals surface area contributed by atoms with Gasteiger partial charge in [-0.2, -0.15) is 4.98 Å². The summed E-state index contributed by atoms with van der Waals surface area (Å²) in [5.74, 6) is 1.24. The summed E-state index contributed by atoms with van der Waals surface area (Å²) in [7, 11) is 0. The van der Waals surface area contributed by atoms with Gasteiger partial charge >= 0.3 is 0 Å². The fourth-order valence-corrected chi connectivity index (χ4v) is 4.39. The molecule has 0 bridgehead atoms. The van der Waals surface area contributed by atoms with Crippen LogP contribution in [-0.4, -0.2) is 21.7 Å². The molecule has 0 saturated carbocycles. The Balaban J connectivity index is 1.62. The van der Waals surface area contributed by atoms with Crippen LogP contribution < -0.4 is 0 Å². The van der Waals surface area contributed by atoms with Crippen molar-refractivity contribution >= 4 is 22.7 Å². The van der Waals surface area contributed by atoms with Crippen LogP contribution in [0.5, 0.6) is 0 Å². The lowest BCUT2D eigenvalue weighted by Gasteiger charge is -2.16. The molecule has 0 N–H and O–H groups in total. The maximum absolute atomic E-state index is 5.63. The third kappa shape index (κ3) is 2.73. The lowest BCUT2D eigenvalue weighted by molar-refractivity contribution is 0.103. The van der Waals surface area contributed by atoms with Crippen molar-refractivity contribution in [2.45, 2.75) is 38.2 Å². The summed E-state index contributed by atoms with van der Waals surface area (Å²) in [6.45, 7) is 4.90. The van der Waals surface area contributed by atoms with Gasteiger partial charge in [0, 0.05) is 12.0 Å². The summed E-state index contributed by atoms with van der Waals surface area (Å²) in [6.07, 6.45) is 1.98. The van der Waals surface area contributed by atoms with Gasteiger partial charge in [-0.1, -0.05) is 11.2 Å². The van der Waals surface area contributed by atoms with Crippen LogP contribution in [0.3, 0.4) is 0 Å². The van der Waals surface area contributed by atoms with E-state index in [1.54, 1.807) is 22.7 Å². The number of thiazole rings is 1. The van der Waals surface area contributed by atoms with Gasteiger partial charge in [0.2, 0.25) is 11.7 Å². The van der Waals surface area contributed by atoms with E-state index >= 15 is 0 Å².